The van der Waals surface area contributed by atoms with Gasteiger partial charge in [0.15, 0.2) is 5.84 Å². The number of hydrogen-bond acceptors (Lipinski definition) is 4. The highest BCUT2D eigenvalue weighted by molar-refractivity contribution is 5.85. The Morgan fingerprint density at radius 2 is 2.05 bits per heavy atom. The summed E-state index contributed by atoms with van der Waals surface area (Å²) in [6.07, 6.45) is 0.767. The van der Waals surface area contributed by atoms with Crippen molar-refractivity contribution in [1.82, 2.24) is 5.32 Å². The highest BCUT2D eigenvalue weighted by Crippen LogP contribution is 2.10. The molecule has 5 heteroatoms. The molecule has 0 aliphatic carbocycles. The highest BCUT2D eigenvalue weighted by Gasteiger charge is 2.11. The number of nitrogens with two attached hydrogens (primary N) is 1. The topological polar surface area (TPSA) is 79.9 Å². The SMILES string of the molecule is CCOCc1ccccc1CNC(CC)C(N)=NO. The molecule has 0 fully saturated rings. The van der Waals surface area contributed by atoms with Gasteiger partial charge in [0.05, 0.1) is 12.6 Å². The Morgan fingerprint density at radius 3 is 2.63 bits per heavy atom. The maximum absolute atomic E-state index is 8.71. The Bertz CT molecular complexity index is 407. The number of nitrogens with one attached hydrogen (secondary N) is 1. The molecule has 0 aliphatic heterocycles. The number of hydrogen-bond donors (Lipinski definition) is 3. The molecule has 1 rings (SSSR count). The molecule has 1 atom stereocenters. The molecule has 0 radical (unpaired) electrons. The Balaban J connectivity index is 2.66. The molecular formula is C14H23N3O2. The molecule has 0 saturated heterocycles. The van der Waals surface area contributed by atoms with E-state index in [1.54, 1.807) is 0 Å². The molecule has 0 saturated carbocycles. The van der Waals surface area contributed by atoms with E-state index in [-0.39, 0.29) is 11.9 Å². The molecule has 0 aromatic heterocycles. The molecule has 1 aromatic rings. The van der Waals surface area contributed by atoms with Gasteiger partial charge in [0.1, 0.15) is 0 Å². The van der Waals surface area contributed by atoms with Crippen molar-refractivity contribution in [1.29, 1.82) is 0 Å². The standard InChI is InChI=1S/C14H23N3O2/c1-3-13(14(15)17-18)16-9-11-7-5-6-8-12(11)10-19-4-2/h5-8,13,16,18H,3-4,9-10H2,1-2H3,(H2,15,17). The number of oxime groups is 1. The predicted octanol–water partition coefficient (Wildman–Crippen LogP) is 1.84. The summed E-state index contributed by atoms with van der Waals surface area (Å²) in [5.74, 6) is 0.213. The molecule has 1 unspecified atom stereocenters. The second kappa shape index (κ2) is 8.50. The Kier molecular flexibility index (Phi) is 6.92. The monoisotopic (exact) mass is 265 g/mol. The summed E-state index contributed by atoms with van der Waals surface area (Å²) in [5, 5.41) is 15.0. The van der Waals surface area contributed by atoms with Gasteiger partial charge in [-0.15, -0.1) is 0 Å². The lowest BCUT2D eigenvalue weighted by molar-refractivity contribution is 0.133. The van der Waals surface area contributed by atoms with Gasteiger partial charge >= 0.3 is 0 Å². The van der Waals surface area contributed by atoms with Gasteiger partial charge in [-0.25, -0.2) is 0 Å². The van der Waals surface area contributed by atoms with E-state index in [1.165, 1.54) is 5.56 Å². The summed E-state index contributed by atoms with van der Waals surface area (Å²) in [6.45, 7) is 5.93. The molecule has 5 nitrogen and oxygen atoms in total. The average Bonchev–Trinajstić information content (AvgIpc) is 2.46. The number of amidine groups is 1. The predicted molar refractivity (Wildman–Crippen MR) is 76.1 cm³/mol. The lowest BCUT2D eigenvalue weighted by Crippen LogP contribution is -2.40. The van der Waals surface area contributed by atoms with Crippen LogP contribution in [0.1, 0.15) is 31.4 Å². The first-order chi connectivity index (χ1) is 9.22. The van der Waals surface area contributed by atoms with Gasteiger partial charge in [0.2, 0.25) is 0 Å². The van der Waals surface area contributed by atoms with E-state index < -0.39 is 0 Å². The minimum atomic E-state index is -0.120. The van der Waals surface area contributed by atoms with E-state index >= 15 is 0 Å². The quantitative estimate of drug-likeness (QED) is 0.290. The van der Waals surface area contributed by atoms with E-state index in [1.807, 2.05) is 26.0 Å². The molecule has 0 aliphatic rings. The first kappa shape index (κ1) is 15.5. The molecule has 1 aromatic carbocycles. The van der Waals surface area contributed by atoms with Crippen molar-refractivity contribution in [2.75, 3.05) is 6.61 Å². The third kappa shape index (κ3) is 4.89. The summed E-state index contributed by atoms with van der Waals surface area (Å²) in [4.78, 5) is 0. The van der Waals surface area contributed by atoms with Gasteiger partial charge < -0.3 is 21.0 Å². The van der Waals surface area contributed by atoms with Gasteiger partial charge in [-0.3, -0.25) is 0 Å². The van der Waals surface area contributed by atoms with Crippen molar-refractivity contribution in [3.05, 3.63) is 35.4 Å². The van der Waals surface area contributed by atoms with Crippen LogP contribution in [0.5, 0.6) is 0 Å². The summed E-state index contributed by atoms with van der Waals surface area (Å²) in [7, 11) is 0. The van der Waals surface area contributed by atoms with Gasteiger partial charge in [0, 0.05) is 13.2 Å². The molecule has 0 amide bonds. The van der Waals surface area contributed by atoms with E-state index in [4.69, 9.17) is 15.7 Å². The number of ether oxygens (including phenoxy) is 1. The molecule has 0 bridgehead atoms. The van der Waals surface area contributed by atoms with Crippen LogP contribution in [-0.2, 0) is 17.9 Å². The molecule has 106 valence electrons. The van der Waals surface area contributed by atoms with Crippen molar-refractivity contribution in [2.45, 2.75) is 39.5 Å². The molecule has 0 spiro atoms. The molecule has 0 heterocycles. The smallest absolute Gasteiger partial charge is 0.156 e. The van der Waals surface area contributed by atoms with Crippen LogP contribution in [0.4, 0.5) is 0 Å². The maximum atomic E-state index is 8.71. The zero-order valence-electron chi connectivity index (χ0n) is 11.6. The first-order valence-corrected chi connectivity index (χ1v) is 6.58. The van der Waals surface area contributed by atoms with Crippen molar-refractivity contribution in [2.24, 2.45) is 10.9 Å². The number of rotatable bonds is 8. The summed E-state index contributed by atoms with van der Waals surface area (Å²) >= 11 is 0. The maximum Gasteiger partial charge on any atom is 0.156 e. The third-order valence-corrected chi connectivity index (χ3v) is 3.00. The number of nitrogens with zero attached hydrogens (tertiary/aromatic N) is 1. The van der Waals surface area contributed by atoms with E-state index in [2.05, 4.69) is 22.6 Å². The minimum absolute atomic E-state index is 0.120. The van der Waals surface area contributed by atoms with Crippen molar-refractivity contribution in [3.8, 4) is 0 Å². The zero-order chi connectivity index (χ0) is 14.1. The van der Waals surface area contributed by atoms with E-state index in [0.717, 1.165) is 12.0 Å². The Morgan fingerprint density at radius 1 is 1.37 bits per heavy atom. The Labute approximate surface area is 114 Å². The minimum Gasteiger partial charge on any atom is -0.409 e. The summed E-state index contributed by atoms with van der Waals surface area (Å²) in [6, 6.07) is 7.98. The van der Waals surface area contributed by atoms with E-state index in [9.17, 15) is 0 Å². The second-order valence-electron chi connectivity index (χ2n) is 4.27. The highest BCUT2D eigenvalue weighted by atomic mass is 16.5. The fraction of sp³-hybridized carbons (Fsp3) is 0.500. The van der Waals surface area contributed by atoms with Crippen LogP contribution in [0.2, 0.25) is 0 Å². The molecule has 19 heavy (non-hydrogen) atoms. The average molecular weight is 265 g/mol. The molecular weight excluding hydrogens is 242 g/mol. The second-order valence-corrected chi connectivity index (χ2v) is 4.27. The van der Waals surface area contributed by atoms with Crippen LogP contribution in [-0.4, -0.2) is 23.7 Å². The van der Waals surface area contributed by atoms with Crippen LogP contribution < -0.4 is 11.1 Å². The Hall–Kier alpha value is -1.59. The van der Waals surface area contributed by atoms with Gasteiger partial charge in [-0.2, -0.15) is 0 Å². The third-order valence-electron chi connectivity index (χ3n) is 3.00. The van der Waals surface area contributed by atoms with Crippen LogP contribution in [0.15, 0.2) is 29.4 Å². The van der Waals surface area contributed by atoms with Crippen molar-refractivity contribution >= 4 is 5.84 Å². The fourth-order valence-electron chi connectivity index (χ4n) is 1.84. The van der Waals surface area contributed by atoms with Gasteiger partial charge in [0.25, 0.3) is 0 Å². The van der Waals surface area contributed by atoms with Gasteiger partial charge in [-0.05, 0) is 24.5 Å². The summed E-state index contributed by atoms with van der Waals surface area (Å²) < 4.78 is 5.45. The largest absolute Gasteiger partial charge is 0.409 e. The van der Waals surface area contributed by atoms with Crippen LogP contribution >= 0.6 is 0 Å². The fourth-order valence-corrected chi connectivity index (χ4v) is 1.84. The molecule has 4 N–H and O–H groups in total. The lowest BCUT2D eigenvalue weighted by atomic mass is 10.1. The zero-order valence-corrected chi connectivity index (χ0v) is 11.6. The van der Waals surface area contributed by atoms with Crippen molar-refractivity contribution in [3.63, 3.8) is 0 Å². The van der Waals surface area contributed by atoms with Gasteiger partial charge in [-0.1, -0.05) is 36.3 Å². The number of benzene rings is 1. The summed E-state index contributed by atoms with van der Waals surface area (Å²) in [5.41, 5.74) is 7.95. The van der Waals surface area contributed by atoms with E-state index in [0.29, 0.717) is 19.8 Å². The van der Waals surface area contributed by atoms with Crippen molar-refractivity contribution < 1.29 is 9.94 Å². The van der Waals surface area contributed by atoms with Crippen LogP contribution in [0.25, 0.3) is 0 Å². The first-order valence-electron chi connectivity index (χ1n) is 6.58. The normalized spacial score (nSPS) is 13.5. The lowest BCUT2D eigenvalue weighted by Gasteiger charge is -2.17. The van der Waals surface area contributed by atoms with Crippen LogP contribution in [0.3, 0.4) is 0 Å². The van der Waals surface area contributed by atoms with Crippen LogP contribution in [0, 0.1) is 0 Å².